The zero-order chi connectivity index (χ0) is 10.7. The van der Waals surface area contributed by atoms with Gasteiger partial charge in [-0.05, 0) is 6.07 Å². The van der Waals surface area contributed by atoms with Crippen LogP contribution in [0.25, 0.3) is 0 Å². The molecule has 15 heavy (non-hydrogen) atoms. The second-order valence-electron chi connectivity index (χ2n) is 3.08. The first-order valence-electron chi connectivity index (χ1n) is 4.54. The number of rotatable bonds is 4. The van der Waals surface area contributed by atoms with Crippen LogP contribution in [0.4, 0.5) is 11.4 Å². The molecule has 1 fully saturated rings. The van der Waals surface area contributed by atoms with E-state index in [-0.39, 0.29) is 12.0 Å². The summed E-state index contributed by atoms with van der Waals surface area (Å²) in [5, 5.41) is 10.6. The standard InChI is InChI=1S/C9H10N2O4/c12-11(13)8-4-2-1-3-7(8)10-15-9-5-6-14-9/h1-4,9-10H,5-6H2. The van der Waals surface area contributed by atoms with Crippen molar-refractivity contribution in [1.29, 1.82) is 0 Å². The molecular formula is C9H10N2O4. The van der Waals surface area contributed by atoms with Crippen molar-refractivity contribution in [1.82, 2.24) is 0 Å². The van der Waals surface area contributed by atoms with Crippen molar-refractivity contribution < 1.29 is 14.5 Å². The minimum Gasteiger partial charge on any atom is -0.350 e. The Kier molecular flexibility index (Phi) is 2.79. The minimum absolute atomic E-state index is 0.0168. The van der Waals surface area contributed by atoms with Crippen molar-refractivity contribution in [2.24, 2.45) is 0 Å². The number of para-hydroxylation sites is 2. The van der Waals surface area contributed by atoms with Crippen LogP contribution in [0.3, 0.4) is 0 Å². The summed E-state index contributed by atoms with van der Waals surface area (Å²) in [4.78, 5) is 15.2. The van der Waals surface area contributed by atoms with E-state index in [1.54, 1.807) is 18.2 Å². The average molecular weight is 210 g/mol. The molecule has 1 aliphatic rings. The highest BCUT2D eigenvalue weighted by Crippen LogP contribution is 2.24. The molecular weight excluding hydrogens is 200 g/mol. The van der Waals surface area contributed by atoms with Crippen molar-refractivity contribution in [3.63, 3.8) is 0 Å². The number of hydrogen-bond donors (Lipinski definition) is 1. The van der Waals surface area contributed by atoms with E-state index in [9.17, 15) is 10.1 Å². The third-order valence-corrected chi connectivity index (χ3v) is 2.06. The van der Waals surface area contributed by atoms with Gasteiger partial charge in [0.25, 0.3) is 5.69 Å². The molecule has 80 valence electrons. The van der Waals surface area contributed by atoms with E-state index in [1.165, 1.54) is 6.07 Å². The van der Waals surface area contributed by atoms with Crippen molar-refractivity contribution in [2.75, 3.05) is 12.1 Å². The smallest absolute Gasteiger partial charge is 0.294 e. The number of nitrogens with one attached hydrogen (secondary N) is 1. The summed E-state index contributed by atoms with van der Waals surface area (Å²) in [6, 6.07) is 6.29. The summed E-state index contributed by atoms with van der Waals surface area (Å²) in [7, 11) is 0. The van der Waals surface area contributed by atoms with Crippen molar-refractivity contribution in [2.45, 2.75) is 12.7 Å². The minimum atomic E-state index is -0.465. The molecule has 0 saturated carbocycles. The van der Waals surface area contributed by atoms with Gasteiger partial charge in [0.2, 0.25) is 0 Å². The first-order valence-corrected chi connectivity index (χ1v) is 4.54. The first kappa shape index (κ1) is 9.88. The van der Waals surface area contributed by atoms with Gasteiger partial charge in [-0.2, -0.15) is 0 Å². The quantitative estimate of drug-likeness (QED) is 0.604. The molecule has 2 rings (SSSR count). The molecule has 6 nitrogen and oxygen atoms in total. The average Bonchev–Trinajstić information content (AvgIpc) is 2.16. The molecule has 0 bridgehead atoms. The van der Waals surface area contributed by atoms with Crippen LogP contribution < -0.4 is 5.48 Å². The molecule has 1 saturated heterocycles. The van der Waals surface area contributed by atoms with Gasteiger partial charge in [-0.25, -0.2) is 4.84 Å². The lowest BCUT2D eigenvalue weighted by Gasteiger charge is -2.25. The Morgan fingerprint density at radius 3 is 2.87 bits per heavy atom. The van der Waals surface area contributed by atoms with Gasteiger partial charge < -0.3 is 4.74 Å². The molecule has 6 heteroatoms. The molecule has 1 aliphatic heterocycles. The van der Waals surface area contributed by atoms with Crippen LogP contribution >= 0.6 is 0 Å². The Balaban J connectivity index is 2.02. The largest absolute Gasteiger partial charge is 0.350 e. The van der Waals surface area contributed by atoms with E-state index in [0.717, 1.165) is 6.42 Å². The number of anilines is 1. The Bertz CT molecular complexity index is 365. The number of nitro groups is 1. The van der Waals surface area contributed by atoms with Crippen LogP contribution in [0.2, 0.25) is 0 Å². The van der Waals surface area contributed by atoms with Crippen molar-refractivity contribution in [3.8, 4) is 0 Å². The number of hydrogen-bond acceptors (Lipinski definition) is 5. The molecule has 1 aromatic carbocycles. The summed E-state index contributed by atoms with van der Waals surface area (Å²) in [6.07, 6.45) is 0.498. The predicted molar refractivity (Wildman–Crippen MR) is 52.2 cm³/mol. The van der Waals surface area contributed by atoms with Crippen molar-refractivity contribution in [3.05, 3.63) is 34.4 Å². The van der Waals surface area contributed by atoms with Gasteiger partial charge >= 0.3 is 0 Å². The van der Waals surface area contributed by atoms with E-state index in [4.69, 9.17) is 9.57 Å². The third kappa shape index (κ3) is 2.23. The summed E-state index contributed by atoms with van der Waals surface area (Å²) in [5.41, 5.74) is 2.84. The summed E-state index contributed by atoms with van der Waals surface area (Å²) in [6.45, 7) is 0.670. The summed E-state index contributed by atoms with van der Waals surface area (Å²) >= 11 is 0. The monoisotopic (exact) mass is 210 g/mol. The van der Waals surface area contributed by atoms with Crippen LogP contribution in [0, 0.1) is 10.1 Å². The second-order valence-corrected chi connectivity index (χ2v) is 3.08. The van der Waals surface area contributed by atoms with E-state index >= 15 is 0 Å². The highest BCUT2D eigenvalue weighted by molar-refractivity contribution is 5.59. The normalized spacial score (nSPS) is 19.3. The number of nitrogens with zero attached hydrogens (tertiary/aromatic N) is 1. The maximum atomic E-state index is 10.6. The Morgan fingerprint density at radius 1 is 1.53 bits per heavy atom. The van der Waals surface area contributed by atoms with Gasteiger partial charge in [0, 0.05) is 12.5 Å². The predicted octanol–water partition coefficient (Wildman–Crippen LogP) is 1.68. The molecule has 1 aromatic rings. The lowest BCUT2D eigenvalue weighted by atomic mass is 10.3. The maximum Gasteiger partial charge on any atom is 0.294 e. The number of benzene rings is 1. The highest BCUT2D eigenvalue weighted by atomic mass is 16.8. The van der Waals surface area contributed by atoms with Crippen LogP contribution in [-0.4, -0.2) is 17.8 Å². The topological polar surface area (TPSA) is 73.6 Å². The number of ether oxygens (including phenoxy) is 1. The fraction of sp³-hybridized carbons (Fsp3) is 0.333. The molecule has 0 aliphatic carbocycles. The summed E-state index contributed by atoms with van der Waals surface area (Å²) in [5.74, 6) is 0. The van der Waals surface area contributed by atoms with Gasteiger partial charge in [-0.3, -0.25) is 15.6 Å². The van der Waals surface area contributed by atoms with Gasteiger partial charge in [0.1, 0.15) is 5.69 Å². The van der Waals surface area contributed by atoms with Gasteiger partial charge in [-0.1, -0.05) is 12.1 Å². The zero-order valence-electron chi connectivity index (χ0n) is 7.88. The fourth-order valence-electron chi connectivity index (χ4n) is 1.16. The lowest BCUT2D eigenvalue weighted by molar-refractivity contribution is -0.384. The first-order chi connectivity index (χ1) is 7.27. The zero-order valence-corrected chi connectivity index (χ0v) is 7.88. The van der Waals surface area contributed by atoms with Crippen LogP contribution in [-0.2, 0) is 9.57 Å². The van der Waals surface area contributed by atoms with Gasteiger partial charge in [-0.15, -0.1) is 0 Å². The lowest BCUT2D eigenvalue weighted by Crippen LogP contribution is -2.31. The Morgan fingerprint density at radius 2 is 2.27 bits per heavy atom. The van der Waals surface area contributed by atoms with E-state index < -0.39 is 4.92 Å². The molecule has 1 heterocycles. The van der Waals surface area contributed by atoms with Gasteiger partial charge in [0.05, 0.1) is 11.5 Å². The molecule has 0 amide bonds. The highest BCUT2D eigenvalue weighted by Gasteiger charge is 2.20. The summed E-state index contributed by atoms with van der Waals surface area (Å²) < 4.78 is 5.00. The molecule has 1 unspecified atom stereocenters. The fourth-order valence-corrected chi connectivity index (χ4v) is 1.16. The van der Waals surface area contributed by atoms with E-state index in [1.807, 2.05) is 0 Å². The van der Waals surface area contributed by atoms with Crippen LogP contribution in [0.5, 0.6) is 0 Å². The second kappa shape index (κ2) is 4.24. The van der Waals surface area contributed by atoms with E-state index in [0.29, 0.717) is 12.3 Å². The Labute approximate surface area is 85.9 Å². The SMILES string of the molecule is O=[N+]([O-])c1ccccc1NOC1CCO1. The van der Waals surface area contributed by atoms with E-state index in [2.05, 4.69) is 5.48 Å². The molecule has 0 aromatic heterocycles. The number of nitro benzene ring substituents is 1. The molecule has 1 atom stereocenters. The maximum absolute atomic E-state index is 10.6. The Hall–Kier alpha value is -1.66. The van der Waals surface area contributed by atoms with Crippen LogP contribution in [0.1, 0.15) is 6.42 Å². The van der Waals surface area contributed by atoms with Gasteiger partial charge in [0.15, 0.2) is 6.29 Å². The molecule has 0 spiro atoms. The molecule has 1 N–H and O–H groups in total. The van der Waals surface area contributed by atoms with Crippen LogP contribution in [0.15, 0.2) is 24.3 Å². The van der Waals surface area contributed by atoms with Crippen molar-refractivity contribution >= 4 is 11.4 Å². The third-order valence-electron chi connectivity index (χ3n) is 2.06. The molecule has 0 radical (unpaired) electrons.